The third kappa shape index (κ3) is 3.46. The molecule has 7 heteroatoms. The highest BCUT2D eigenvalue weighted by molar-refractivity contribution is 5.77. The van der Waals surface area contributed by atoms with Gasteiger partial charge >= 0.3 is 0 Å². The Hall–Kier alpha value is -2.15. The predicted molar refractivity (Wildman–Crippen MR) is 93.7 cm³/mol. The van der Waals surface area contributed by atoms with Crippen LogP contribution in [0.15, 0.2) is 24.7 Å². The summed E-state index contributed by atoms with van der Waals surface area (Å²) in [5.74, 6) is 0.306. The molecular formula is C18H26N6O. The zero-order valence-corrected chi connectivity index (χ0v) is 14.8. The first-order valence-corrected chi connectivity index (χ1v) is 9.27. The molecule has 2 aliphatic heterocycles. The van der Waals surface area contributed by atoms with E-state index in [9.17, 15) is 4.79 Å². The van der Waals surface area contributed by atoms with Crippen molar-refractivity contribution in [1.29, 1.82) is 0 Å². The molecule has 0 bridgehead atoms. The molecule has 2 aromatic heterocycles. The highest BCUT2D eigenvalue weighted by Gasteiger charge is 2.27. The number of carbonyl (C=O) groups is 1. The number of likely N-dealkylation sites (tertiary alicyclic amines) is 1. The summed E-state index contributed by atoms with van der Waals surface area (Å²) in [6.45, 7) is 7.54. The lowest BCUT2D eigenvalue weighted by atomic mass is 10.1. The van der Waals surface area contributed by atoms with Crippen molar-refractivity contribution in [3.63, 3.8) is 0 Å². The first-order valence-electron chi connectivity index (χ1n) is 9.27. The maximum atomic E-state index is 11.9. The van der Waals surface area contributed by atoms with Gasteiger partial charge in [-0.2, -0.15) is 10.2 Å². The van der Waals surface area contributed by atoms with Crippen molar-refractivity contribution in [2.45, 2.75) is 51.9 Å². The number of fused-ring (bicyclic) bond motifs is 1. The Morgan fingerprint density at radius 2 is 2.24 bits per heavy atom. The monoisotopic (exact) mass is 342 g/mol. The lowest BCUT2D eigenvalue weighted by Gasteiger charge is -2.34. The van der Waals surface area contributed by atoms with Gasteiger partial charge in [-0.25, -0.2) is 0 Å². The summed E-state index contributed by atoms with van der Waals surface area (Å²) in [5, 5.41) is 8.91. The summed E-state index contributed by atoms with van der Waals surface area (Å²) in [6.07, 6.45) is 8.67. The van der Waals surface area contributed by atoms with Gasteiger partial charge in [-0.05, 0) is 25.8 Å². The summed E-state index contributed by atoms with van der Waals surface area (Å²) >= 11 is 0. The molecule has 4 rings (SSSR count). The Labute approximate surface area is 148 Å². The van der Waals surface area contributed by atoms with E-state index in [0.29, 0.717) is 18.4 Å². The van der Waals surface area contributed by atoms with Crippen molar-refractivity contribution in [1.82, 2.24) is 29.4 Å². The highest BCUT2D eigenvalue weighted by Crippen LogP contribution is 2.25. The minimum Gasteiger partial charge on any atom is -0.343 e. The van der Waals surface area contributed by atoms with Gasteiger partial charge in [-0.15, -0.1) is 0 Å². The van der Waals surface area contributed by atoms with Gasteiger partial charge in [0.25, 0.3) is 0 Å². The second-order valence-electron chi connectivity index (χ2n) is 7.07. The molecule has 2 aliphatic rings. The molecule has 0 aliphatic carbocycles. The molecule has 0 saturated carbocycles. The van der Waals surface area contributed by atoms with Gasteiger partial charge in [0.05, 0.1) is 17.9 Å². The van der Waals surface area contributed by atoms with Crippen LogP contribution in [-0.2, 0) is 24.4 Å². The number of hydrogen-bond acceptors (Lipinski definition) is 4. The SMILES string of the molecule is CCn1cc(CN2Cc3ccnn3C(CCN3CCCC3=O)C2)cn1. The fourth-order valence-electron chi connectivity index (χ4n) is 3.96. The van der Waals surface area contributed by atoms with E-state index in [4.69, 9.17) is 0 Å². The second-order valence-corrected chi connectivity index (χ2v) is 7.07. The van der Waals surface area contributed by atoms with E-state index in [-0.39, 0.29) is 0 Å². The lowest BCUT2D eigenvalue weighted by molar-refractivity contribution is -0.127. The maximum Gasteiger partial charge on any atom is 0.222 e. The number of aromatic nitrogens is 4. The zero-order chi connectivity index (χ0) is 17.2. The van der Waals surface area contributed by atoms with Gasteiger partial charge in [-0.3, -0.25) is 19.1 Å². The van der Waals surface area contributed by atoms with Gasteiger partial charge in [0, 0.05) is 63.6 Å². The van der Waals surface area contributed by atoms with Crippen LogP contribution in [0.5, 0.6) is 0 Å². The fraction of sp³-hybridized carbons (Fsp3) is 0.611. The van der Waals surface area contributed by atoms with E-state index in [1.54, 1.807) is 0 Å². The van der Waals surface area contributed by atoms with Crippen molar-refractivity contribution >= 4 is 5.91 Å². The van der Waals surface area contributed by atoms with E-state index in [1.807, 2.05) is 22.0 Å². The van der Waals surface area contributed by atoms with Crippen molar-refractivity contribution in [3.8, 4) is 0 Å². The van der Waals surface area contributed by atoms with Crippen LogP contribution in [0.1, 0.15) is 43.5 Å². The number of amides is 1. The third-order valence-electron chi connectivity index (χ3n) is 5.27. The quantitative estimate of drug-likeness (QED) is 0.801. The average molecular weight is 342 g/mol. The number of carbonyl (C=O) groups excluding carboxylic acids is 1. The van der Waals surface area contributed by atoms with Crippen LogP contribution in [0.3, 0.4) is 0 Å². The largest absolute Gasteiger partial charge is 0.343 e. The Balaban J connectivity index is 1.42. The molecular weight excluding hydrogens is 316 g/mol. The molecule has 25 heavy (non-hydrogen) atoms. The normalized spacial score (nSPS) is 21.1. The van der Waals surface area contributed by atoms with E-state index in [2.05, 4.69) is 39.0 Å². The Kier molecular flexibility index (Phi) is 4.57. The first kappa shape index (κ1) is 16.3. The summed E-state index contributed by atoms with van der Waals surface area (Å²) in [4.78, 5) is 16.3. The molecule has 1 fully saturated rings. The van der Waals surface area contributed by atoms with E-state index in [1.165, 1.54) is 11.3 Å². The third-order valence-corrected chi connectivity index (χ3v) is 5.27. The van der Waals surface area contributed by atoms with Gasteiger partial charge in [0.2, 0.25) is 5.91 Å². The van der Waals surface area contributed by atoms with Crippen LogP contribution in [0.2, 0.25) is 0 Å². The van der Waals surface area contributed by atoms with Crippen molar-refractivity contribution < 1.29 is 4.79 Å². The molecule has 2 aromatic rings. The second kappa shape index (κ2) is 7.00. The van der Waals surface area contributed by atoms with Crippen molar-refractivity contribution in [2.24, 2.45) is 0 Å². The lowest BCUT2D eigenvalue weighted by Crippen LogP contribution is -2.39. The minimum atomic E-state index is 0.306. The first-order chi connectivity index (χ1) is 12.2. The van der Waals surface area contributed by atoms with Gasteiger partial charge < -0.3 is 4.90 Å². The Bertz CT molecular complexity index is 736. The maximum absolute atomic E-state index is 11.9. The van der Waals surface area contributed by atoms with Crippen LogP contribution in [-0.4, -0.2) is 54.9 Å². The summed E-state index contributed by atoms with van der Waals surface area (Å²) in [7, 11) is 0. The Morgan fingerprint density at radius 3 is 3.00 bits per heavy atom. The molecule has 1 saturated heterocycles. The Morgan fingerprint density at radius 1 is 1.32 bits per heavy atom. The molecule has 0 spiro atoms. The van der Waals surface area contributed by atoms with Gasteiger partial charge in [0.1, 0.15) is 0 Å². The number of aryl methyl sites for hydroxylation is 1. The molecule has 0 radical (unpaired) electrons. The fourth-order valence-corrected chi connectivity index (χ4v) is 3.96. The van der Waals surface area contributed by atoms with E-state index < -0.39 is 0 Å². The summed E-state index contributed by atoms with van der Waals surface area (Å²) in [5.41, 5.74) is 2.51. The number of hydrogen-bond donors (Lipinski definition) is 0. The summed E-state index contributed by atoms with van der Waals surface area (Å²) in [6, 6.07) is 2.43. The topological polar surface area (TPSA) is 59.2 Å². The highest BCUT2D eigenvalue weighted by atomic mass is 16.2. The number of rotatable bonds is 6. The van der Waals surface area contributed by atoms with Gasteiger partial charge in [-0.1, -0.05) is 0 Å². The number of nitrogens with zero attached hydrogens (tertiary/aromatic N) is 6. The van der Waals surface area contributed by atoms with Crippen molar-refractivity contribution in [2.75, 3.05) is 19.6 Å². The van der Waals surface area contributed by atoms with Crippen LogP contribution >= 0.6 is 0 Å². The molecule has 4 heterocycles. The minimum absolute atomic E-state index is 0.306. The van der Waals surface area contributed by atoms with E-state index >= 15 is 0 Å². The average Bonchev–Trinajstić information content (AvgIpc) is 3.33. The molecule has 134 valence electrons. The molecule has 0 N–H and O–H groups in total. The molecule has 1 unspecified atom stereocenters. The van der Waals surface area contributed by atoms with Crippen LogP contribution in [0, 0.1) is 0 Å². The smallest absolute Gasteiger partial charge is 0.222 e. The van der Waals surface area contributed by atoms with Crippen LogP contribution in [0.25, 0.3) is 0 Å². The molecule has 7 nitrogen and oxygen atoms in total. The molecule has 1 atom stereocenters. The zero-order valence-electron chi connectivity index (χ0n) is 14.8. The molecule has 0 aromatic carbocycles. The van der Waals surface area contributed by atoms with Crippen LogP contribution in [0.4, 0.5) is 0 Å². The van der Waals surface area contributed by atoms with Gasteiger partial charge in [0.15, 0.2) is 0 Å². The van der Waals surface area contributed by atoms with Crippen molar-refractivity contribution in [3.05, 3.63) is 35.9 Å². The predicted octanol–water partition coefficient (Wildman–Crippen LogP) is 1.67. The van der Waals surface area contributed by atoms with E-state index in [0.717, 1.165) is 52.1 Å². The summed E-state index contributed by atoms with van der Waals surface area (Å²) < 4.78 is 4.13. The van der Waals surface area contributed by atoms with Crippen LogP contribution < -0.4 is 0 Å². The molecule has 1 amide bonds. The standard InChI is InChI=1S/C18H26N6O/c1-2-23-12-15(10-20-23)11-21-13-16-5-7-19-24(16)17(14-21)6-9-22-8-3-4-18(22)25/h5,7,10,12,17H,2-4,6,8-9,11,13-14H2,1H3.